The van der Waals surface area contributed by atoms with Crippen molar-refractivity contribution in [1.29, 1.82) is 5.26 Å². The third-order valence-electron chi connectivity index (χ3n) is 4.24. The molecule has 0 spiro atoms. The van der Waals surface area contributed by atoms with Crippen molar-refractivity contribution in [2.45, 2.75) is 71.6 Å². The maximum atomic E-state index is 8.96. The predicted octanol–water partition coefficient (Wildman–Crippen LogP) is 4.90. The fraction of sp³-hybridized carbons (Fsp3) is 0.647. The van der Waals surface area contributed by atoms with E-state index in [2.05, 4.69) is 37.9 Å². The van der Waals surface area contributed by atoms with Crippen LogP contribution in [0.4, 0.5) is 0 Å². The Morgan fingerprint density at radius 3 is 2.53 bits per heavy atom. The monoisotopic (exact) mass is 258 g/mol. The maximum Gasteiger partial charge on any atom is 0.143 e. The number of nitrogens with zero attached hydrogens (tertiary/aromatic N) is 2. The first kappa shape index (κ1) is 15.7. The molecule has 19 heavy (non-hydrogen) atoms. The molecule has 1 heterocycles. The van der Waals surface area contributed by atoms with Crippen molar-refractivity contribution in [2.24, 2.45) is 0 Å². The van der Waals surface area contributed by atoms with Gasteiger partial charge in [0.05, 0.1) is 0 Å². The summed E-state index contributed by atoms with van der Waals surface area (Å²) in [5.74, 6) is 0. The molecule has 0 N–H and O–H groups in total. The van der Waals surface area contributed by atoms with Crippen LogP contribution < -0.4 is 0 Å². The van der Waals surface area contributed by atoms with Gasteiger partial charge in [-0.15, -0.1) is 0 Å². The molecule has 0 aliphatic rings. The summed E-state index contributed by atoms with van der Waals surface area (Å²) < 4.78 is 0. The lowest BCUT2D eigenvalue weighted by atomic mass is 9.76. The van der Waals surface area contributed by atoms with Gasteiger partial charge in [0.2, 0.25) is 0 Å². The highest BCUT2D eigenvalue weighted by atomic mass is 14.7. The van der Waals surface area contributed by atoms with E-state index in [4.69, 9.17) is 5.26 Å². The van der Waals surface area contributed by atoms with Crippen LogP contribution in [0.5, 0.6) is 0 Å². The number of aromatic nitrogens is 1. The SMILES string of the molecule is CCCCCCC(C)(CC)c1cnc(C#N)c(C)c1. The quantitative estimate of drug-likeness (QED) is 0.652. The lowest BCUT2D eigenvalue weighted by Crippen LogP contribution is -2.21. The van der Waals surface area contributed by atoms with Gasteiger partial charge in [0.25, 0.3) is 0 Å². The van der Waals surface area contributed by atoms with E-state index in [9.17, 15) is 0 Å². The Balaban J connectivity index is 2.83. The van der Waals surface area contributed by atoms with E-state index >= 15 is 0 Å². The van der Waals surface area contributed by atoms with E-state index in [0.717, 1.165) is 12.0 Å². The summed E-state index contributed by atoms with van der Waals surface area (Å²) in [7, 11) is 0. The minimum Gasteiger partial charge on any atom is -0.245 e. The minimum absolute atomic E-state index is 0.194. The molecule has 0 fully saturated rings. The van der Waals surface area contributed by atoms with Crippen LogP contribution in [0.1, 0.15) is 76.1 Å². The topological polar surface area (TPSA) is 36.7 Å². The molecule has 1 atom stereocenters. The third-order valence-corrected chi connectivity index (χ3v) is 4.24. The van der Waals surface area contributed by atoms with Crippen molar-refractivity contribution >= 4 is 0 Å². The second-order valence-corrected chi connectivity index (χ2v) is 5.73. The molecule has 0 aliphatic heterocycles. The van der Waals surface area contributed by atoms with Crippen LogP contribution in [0.15, 0.2) is 12.3 Å². The molecule has 2 heteroatoms. The van der Waals surface area contributed by atoms with Gasteiger partial charge in [-0.3, -0.25) is 0 Å². The largest absolute Gasteiger partial charge is 0.245 e. The molecule has 2 nitrogen and oxygen atoms in total. The lowest BCUT2D eigenvalue weighted by molar-refractivity contribution is 0.394. The predicted molar refractivity (Wildman–Crippen MR) is 80.1 cm³/mol. The van der Waals surface area contributed by atoms with E-state index in [1.165, 1.54) is 37.7 Å². The summed E-state index contributed by atoms with van der Waals surface area (Å²) >= 11 is 0. The van der Waals surface area contributed by atoms with Crippen LogP contribution in [-0.2, 0) is 5.41 Å². The zero-order chi connectivity index (χ0) is 14.3. The number of hydrogen-bond donors (Lipinski definition) is 0. The van der Waals surface area contributed by atoms with E-state index in [1.807, 2.05) is 13.1 Å². The van der Waals surface area contributed by atoms with Gasteiger partial charge in [0, 0.05) is 6.20 Å². The summed E-state index contributed by atoms with van der Waals surface area (Å²) in [4.78, 5) is 4.29. The molecule has 1 aromatic heterocycles. The summed E-state index contributed by atoms with van der Waals surface area (Å²) in [5.41, 5.74) is 3.02. The molecule has 0 radical (unpaired) electrons. The van der Waals surface area contributed by atoms with Crippen LogP contribution >= 0.6 is 0 Å². The van der Waals surface area contributed by atoms with Crippen molar-refractivity contribution in [1.82, 2.24) is 4.98 Å². The molecule has 0 amide bonds. The normalized spacial score (nSPS) is 13.8. The molecule has 1 unspecified atom stereocenters. The summed E-state index contributed by atoms with van der Waals surface area (Å²) in [6, 6.07) is 4.29. The van der Waals surface area contributed by atoms with Gasteiger partial charge in [-0.05, 0) is 36.3 Å². The molecule has 0 saturated carbocycles. The van der Waals surface area contributed by atoms with Gasteiger partial charge < -0.3 is 0 Å². The fourth-order valence-electron chi connectivity index (χ4n) is 2.49. The first-order chi connectivity index (χ1) is 9.07. The molecule has 1 rings (SSSR count). The van der Waals surface area contributed by atoms with Crippen molar-refractivity contribution in [3.63, 3.8) is 0 Å². The first-order valence-electron chi connectivity index (χ1n) is 7.44. The Morgan fingerprint density at radius 2 is 2.00 bits per heavy atom. The zero-order valence-corrected chi connectivity index (χ0v) is 12.8. The Labute approximate surface area is 117 Å². The van der Waals surface area contributed by atoms with Crippen LogP contribution in [0.3, 0.4) is 0 Å². The van der Waals surface area contributed by atoms with Crippen molar-refractivity contribution in [3.8, 4) is 6.07 Å². The maximum absolute atomic E-state index is 8.96. The van der Waals surface area contributed by atoms with Gasteiger partial charge in [-0.2, -0.15) is 5.26 Å². The zero-order valence-electron chi connectivity index (χ0n) is 12.8. The molecular weight excluding hydrogens is 232 g/mol. The number of nitriles is 1. The van der Waals surface area contributed by atoms with Gasteiger partial charge >= 0.3 is 0 Å². The van der Waals surface area contributed by atoms with Crippen molar-refractivity contribution in [3.05, 3.63) is 29.1 Å². The minimum atomic E-state index is 0.194. The highest BCUT2D eigenvalue weighted by Gasteiger charge is 2.24. The Morgan fingerprint density at radius 1 is 1.26 bits per heavy atom. The van der Waals surface area contributed by atoms with Crippen LogP contribution in [0.25, 0.3) is 0 Å². The van der Waals surface area contributed by atoms with E-state index in [1.54, 1.807) is 0 Å². The first-order valence-corrected chi connectivity index (χ1v) is 7.44. The van der Waals surface area contributed by atoms with Gasteiger partial charge in [-0.1, -0.05) is 52.5 Å². The molecule has 0 bridgehead atoms. The Kier molecular flexibility index (Phi) is 6.02. The van der Waals surface area contributed by atoms with Crippen LogP contribution in [0, 0.1) is 18.3 Å². The average molecular weight is 258 g/mol. The summed E-state index contributed by atoms with van der Waals surface area (Å²) in [6.07, 6.45) is 9.41. The van der Waals surface area contributed by atoms with Crippen LogP contribution in [-0.4, -0.2) is 4.98 Å². The smallest absolute Gasteiger partial charge is 0.143 e. The second-order valence-electron chi connectivity index (χ2n) is 5.73. The highest BCUT2D eigenvalue weighted by molar-refractivity contribution is 5.35. The number of rotatable bonds is 7. The van der Waals surface area contributed by atoms with Crippen molar-refractivity contribution < 1.29 is 0 Å². The van der Waals surface area contributed by atoms with Gasteiger partial charge in [0.15, 0.2) is 0 Å². The molecule has 104 valence electrons. The Hall–Kier alpha value is -1.36. The standard InChI is InChI=1S/C17H26N2/c1-5-7-8-9-10-17(4,6-2)15-11-14(3)16(12-18)19-13-15/h11,13H,5-10H2,1-4H3. The molecule has 1 aromatic rings. The number of hydrogen-bond acceptors (Lipinski definition) is 2. The molecule has 0 aliphatic carbocycles. The third kappa shape index (κ3) is 4.06. The average Bonchev–Trinajstić information content (AvgIpc) is 2.43. The van der Waals surface area contributed by atoms with Crippen LogP contribution in [0.2, 0.25) is 0 Å². The fourth-order valence-corrected chi connectivity index (χ4v) is 2.49. The van der Waals surface area contributed by atoms with E-state index < -0.39 is 0 Å². The van der Waals surface area contributed by atoms with E-state index in [0.29, 0.717) is 5.69 Å². The number of pyridine rings is 1. The van der Waals surface area contributed by atoms with E-state index in [-0.39, 0.29) is 5.41 Å². The van der Waals surface area contributed by atoms with Gasteiger partial charge in [0.1, 0.15) is 11.8 Å². The number of unbranched alkanes of at least 4 members (excludes halogenated alkanes) is 3. The summed E-state index contributed by atoms with van der Waals surface area (Å²) in [6.45, 7) is 8.78. The van der Waals surface area contributed by atoms with Crippen molar-refractivity contribution in [2.75, 3.05) is 0 Å². The highest BCUT2D eigenvalue weighted by Crippen LogP contribution is 2.33. The second kappa shape index (κ2) is 7.28. The molecule has 0 saturated heterocycles. The lowest BCUT2D eigenvalue weighted by Gasteiger charge is -2.29. The Bertz CT molecular complexity index is 445. The molecular formula is C17H26N2. The van der Waals surface area contributed by atoms with Gasteiger partial charge in [-0.25, -0.2) is 4.98 Å². The molecule has 0 aromatic carbocycles. The summed E-state index contributed by atoms with van der Waals surface area (Å²) in [5, 5.41) is 8.96. The number of aryl methyl sites for hydroxylation is 1.